The topological polar surface area (TPSA) is 21.6 Å². The Labute approximate surface area is 49.9 Å². The predicted octanol–water partition coefficient (Wildman–Crippen LogP) is 1.24. The van der Waals surface area contributed by atoms with Gasteiger partial charge in [-0.2, -0.15) is 0 Å². The van der Waals surface area contributed by atoms with Gasteiger partial charge in [-0.25, -0.2) is 0 Å². The first-order valence-electron chi connectivity index (χ1n) is 2.44. The zero-order valence-corrected chi connectivity index (χ0v) is 5.18. The smallest absolute Gasteiger partial charge is 0.0517 e. The monoisotopic (exact) mass is 113 g/mol. The van der Waals surface area contributed by atoms with E-state index in [-0.39, 0.29) is 0 Å². The van der Waals surface area contributed by atoms with Gasteiger partial charge >= 0.3 is 0 Å². The van der Waals surface area contributed by atoms with Crippen LogP contribution in [0.2, 0.25) is 0 Å². The molecule has 0 amide bonds. The SMILES string of the molecule is C=NC(=C)CCOC. The molecule has 0 saturated carbocycles. The van der Waals surface area contributed by atoms with E-state index in [0.29, 0.717) is 6.61 Å². The van der Waals surface area contributed by atoms with E-state index in [1.165, 1.54) is 0 Å². The van der Waals surface area contributed by atoms with Crippen molar-refractivity contribution < 1.29 is 4.74 Å². The number of methoxy groups -OCH3 is 1. The van der Waals surface area contributed by atoms with Crippen LogP contribution in [0.5, 0.6) is 0 Å². The van der Waals surface area contributed by atoms with Gasteiger partial charge in [0, 0.05) is 19.2 Å². The molecule has 0 aliphatic rings. The fraction of sp³-hybridized carbons (Fsp3) is 0.500. The molecule has 0 N–H and O–H groups in total. The number of hydrogen-bond acceptors (Lipinski definition) is 2. The number of hydrogen-bond donors (Lipinski definition) is 0. The molecule has 2 heteroatoms. The maximum absolute atomic E-state index is 4.77. The lowest BCUT2D eigenvalue weighted by Crippen LogP contribution is -1.87. The van der Waals surface area contributed by atoms with Crippen LogP contribution in [0.4, 0.5) is 0 Å². The highest BCUT2D eigenvalue weighted by Crippen LogP contribution is 1.96. The molecule has 0 atom stereocenters. The number of rotatable bonds is 4. The van der Waals surface area contributed by atoms with Crippen LogP contribution in [-0.2, 0) is 4.74 Å². The zero-order chi connectivity index (χ0) is 6.41. The van der Waals surface area contributed by atoms with Crippen molar-refractivity contribution in [1.29, 1.82) is 0 Å². The molecule has 0 aliphatic heterocycles. The molecule has 8 heavy (non-hydrogen) atoms. The first kappa shape index (κ1) is 7.37. The highest BCUT2D eigenvalue weighted by Gasteiger charge is 1.85. The van der Waals surface area contributed by atoms with Crippen molar-refractivity contribution in [2.24, 2.45) is 4.99 Å². The van der Waals surface area contributed by atoms with E-state index >= 15 is 0 Å². The van der Waals surface area contributed by atoms with Gasteiger partial charge < -0.3 is 4.74 Å². The molecule has 0 aromatic heterocycles. The summed E-state index contributed by atoms with van der Waals surface area (Å²) in [7, 11) is 1.65. The fourth-order valence-electron chi connectivity index (χ4n) is 0.299. The summed E-state index contributed by atoms with van der Waals surface area (Å²) in [4.78, 5) is 3.60. The summed E-state index contributed by atoms with van der Waals surface area (Å²) in [6.07, 6.45) is 0.778. The predicted molar refractivity (Wildman–Crippen MR) is 35.2 cm³/mol. The quantitative estimate of drug-likeness (QED) is 0.502. The lowest BCUT2D eigenvalue weighted by molar-refractivity contribution is 0.202. The van der Waals surface area contributed by atoms with Gasteiger partial charge in [-0.15, -0.1) is 0 Å². The van der Waals surface area contributed by atoms with E-state index in [4.69, 9.17) is 4.74 Å². The van der Waals surface area contributed by atoms with Gasteiger partial charge in [-0.05, 0) is 6.72 Å². The molecule has 0 fully saturated rings. The number of aliphatic imine (C=N–C) groups is 1. The molecular formula is C6H11NO. The average Bonchev–Trinajstić information content (AvgIpc) is 1.83. The van der Waals surface area contributed by atoms with Gasteiger partial charge in [0.2, 0.25) is 0 Å². The van der Waals surface area contributed by atoms with Crippen molar-refractivity contribution in [2.75, 3.05) is 13.7 Å². The van der Waals surface area contributed by atoms with E-state index in [1.807, 2.05) is 0 Å². The van der Waals surface area contributed by atoms with Gasteiger partial charge in [-0.3, -0.25) is 4.99 Å². The number of ether oxygens (including phenoxy) is 1. The van der Waals surface area contributed by atoms with Gasteiger partial charge in [0.1, 0.15) is 0 Å². The first-order valence-corrected chi connectivity index (χ1v) is 2.44. The van der Waals surface area contributed by atoms with Crippen molar-refractivity contribution >= 4 is 6.72 Å². The summed E-state index contributed by atoms with van der Waals surface area (Å²) in [5.41, 5.74) is 0.784. The largest absolute Gasteiger partial charge is 0.384 e. The van der Waals surface area contributed by atoms with Crippen LogP contribution in [0.15, 0.2) is 17.3 Å². The standard InChI is InChI=1S/C6H11NO/c1-6(7-2)4-5-8-3/h1-2,4-5H2,3H3. The molecule has 0 rings (SSSR count). The molecular weight excluding hydrogens is 102 g/mol. The van der Waals surface area contributed by atoms with Gasteiger partial charge in [-0.1, -0.05) is 6.58 Å². The molecule has 0 aliphatic carbocycles. The Balaban J connectivity index is 3.11. The summed E-state index contributed by atoms with van der Waals surface area (Å²) >= 11 is 0. The average molecular weight is 113 g/mol. The second kappa shape index (κ2) is 4.53. The van der Waals surface area contributed by atoms with Crippen molar-refractivity contribution in [1.82, 2.24) is 0 Å². The van der Waals surface area contributed by atoms with Crippen LogP contribution < -0.4 is 0 Å². The normalized spacial score (nSPS) is 8.62. The maximum atomic E-state index is 4.77. The van der Waals surface area contributed by atoms with E-state index in [9.17, 15) is 0 Å². The second-order valence-corrected chi connectivity index (χ2v) is 1.47. The van der Waals surface area contributed by atoms with Crippen LogP contribution in [0.25, 0.3) is 0 Å². The lowest BCUT2D eigenvalue weighted by Gasteiger charge is -1.94. The van der Waals surface area contributed by atoms with Crippen LogP contribution in [0.1, 0.15) is 6.42 Å². The van der Waals surface area contributed by atoms with E-state index in [2.05, 4.69) is 18.3 Å². The highest BCUT2D eigenvalue weighted by atomic mass is 16.5. The van der Waals surface area contributed by atoms with Gasteiger partial charge in [0.25, 0.3) is 0 Å². The molecule has 0 unspecified atom stereocenters. The minimum absolute atomic E-state index is 0.678. The molecule has 2 nitrogen and oxygen atoms in total. The minimum atomic E-state index is 0.678. The number of nitrogens with zero attached hydrogens (tertiary/aromatic N) is 1. The molecule has 46 valence electrons. The summed E-state index contributed by atoms with van der Waals surface area (Å²) < 4.78 is 4.77. The van der Waals surface area contributed by atoms with Crippen molar-refractivity contribution in [3.8, 4) is 0 Å². The third-order valence-corrected chi connectivity index (χ3v) is 0.818. The second-order valence-electron chi connectivity index (χ2n) is 1.47. The van der Waals surface area contributed by atoms with Crippen LogP contribution in [0, 0.1) is 0 Å². The Bertz CT molecular complexity index is 88.5. The Morgan fingerprint density at radius 2 is 2.38 bits per heavy atom. The maximum Gasteiger partial charge on any atom is 0.0517 e. The third kappa shape index (κ3) is 3.56. The fourth-order valence-corrected chi connectivity index (χ4v) is 0.299. The Morgan fingerprint density at radius 1 is 1.75 bits per heavy atom. The molecule has 0 spiro atoms. The summed E-state index contributed by atoms with van der Waals surface area (Å²) in [5, 5.41) is 0. The molecule has 0 aromatic rings. The van der Waals surface area contributed by atoms with E-state index in [0.717, 1.165) is 12.1 Å². The summed E-state index contributed by atoms with van der Waals surface area (Å²) in [6.45, 7) is 7.59. The zero-order valence-electron chi connectivity index (χ0n) is 5.18. The van der Waals surface area contributed by atoms with Gasteiger partial charge in [0.05, 0.1) is 6.61 Å². The third-order valence-electron chi connectivity index (χ3n) is 0.818. The van der Waals surface area contributed by atoms with E-state index < -0.39 is 0 Å². The Morgan fingerprint density at radius 3 is 2.75 bits per heavy atom. The Kier molecular flexibility index (Phi) is 4.17. The van der Waals surface area contributed by atoms with Crippen LogP contribution in [-0.4, -0.2) is 20.4 Å². The Hall–Kier alpha value is -0.630. The minimum Gasteiger partial charge on any atom is -0.384 e. The summed E-state index contributed by atoms with van der Waals surface area (Å²) in [5.74, 6) is 0. The lowest BCUT2D eigenvalue weighted by atomic mass is 10.4. The van der Waals surface area contributed by atoms with Crippen molar-refractivity contribution in [2.45, 2.75) is 6.42 Å². The van der Waals surface area contributed by atoms with Crippen LogP contribution >= 0.6 is 0 Å². The van der Waals surface area contributed by atoms with Gasteiger partial charge in [0.15, 0.2) is 0 Å². The van der Waals surface area contributed by atoms with Crippen molar-refractivity contribution in [3.05, 3.63) is 12.3 Å². The molecule has 0 radical (unpaired) electrons. The summed E-state index contributed by atoms with van der Waals surface area (Å²) in [6, 6.07) is 0. The molecule has 0 saturated heterocycles. The van der Waals surface area contributed by atoms with Crippen LogP contribution in [0.3, 0.4) is 0 Å². The van der Waals surface area contributed by atoms with E-state index in [1.54, 1.807) is 7.11 Å². The van der Waals surface area contributed by atoms with Crippen molar-refractivity contribution in [3.63, 3.8) is 0 Å². The molecule has 0 aromatic carbocycles. The molecule has 0 heterocycles. The molecule has 0 bridgehead atoms. The highest BCUT2D eigenvalue weighted by molar-refractivity contribution is 5.27. The first-order chi connectivity index (χ1) is 3.81.